The van der Waals surface area contributed by atoms with Crippen molar-refractivity contribution in [3.63, 3.8) is 0 Å². The standard InChI is InChI=1S/C10H7ClFN3/c11-10-14-4-3-9(15-10)7-5-6(13)1-2-8(7)12/h1-5H,13H2. The number of nitrogens with zero attached hydrogens (tertiary/aromatic N) is 2. The van der Waals surface area contributed by atoms with Gasteiger partial charge < -0.3 is 5.73 Å². The minimum absolute atomic E-state index is 0.0781. The van der Waals surface area contributed by atoms with Crippen LogP contribution in [0.15, 0.2) is 30.5 Å². The molecule has 2 N–H and O–H groups in total. The van der Waals surface area contributed by atoms with E-state index >= 15 is 0 Å². The summed E-state index contributed by atoms with van der Waals surface area (Å²) in [5.41, 5.74) is 6.77. The molecule has 0 aliphatic rings. The number of nitrogen functional groups attached to an aromatic ring is 1. The largest absolute Gasteiger partial charge is 0.399 e. The maximum absolute atomic E-state index is 13.4. The van der Waals surface area contributed by atoms with Gasteiger partial charge in [-0.2, -0.15) is 0 Å². The Kier molecular flexibility index (Phi) is 2.51. The van der Waals surface area contributed by atoms with Gasteiger partial charge in [-0.1, -0.05) is 0 Å². The van der Waals surface area contributed by atoms with Crippen LogP contribution in [0.3, 0.4) is 0 Å². The molecule has 0 radical (unpaired) electrons. The van der Waals surface area contributed by atoms with E-state index in [4.69, 9.17) is 17.3 Å². The Balaban J connectivity index is 2.58. The van der Waals surface area contributed by atoms with Crippen molar-refractivity contribution in [2.24, 2.45) is 0 Å². The number of benzene rings is 1. The van der Waals surface area contributed by atoms with Crippen LogP contribution in [0.4, 0.5) is 10.1 Å². The molecule has 5 heteroatoms. The molecule has 1 heterocycles. The van der Waals surface area contributed by atoms with Crippen LogP contribution in [-0.4, -0.2) is 9.97 Å². The maximum Gasteiger partial charge on any atom is 0.222 e. The number of hydrogen-bond acceptors (Lipinski definition) is 3. The van der Waals surface area contributed by atoms with Crippen LogP contribution < -0.4 is 5.73 Å². The fourth-order valence-corrected chi connectivity index (χ4v) is 1.37. The Hall–Kier alpha value is -1.68. The second-order valence-corrected chi connectivity index (χ2v) is 3.29. The van der Waals surface area contributed by atoms with Gasteiger partial charge in [0.2, 0.25) is 5.28 Å². The van der Waals surface area contributed by atoms with Gasteiger partial charge >= 0.3 is 0 Å². The molecular weight excluding hydrogens is 217 g/mol. The first kappa shape index (κ1) is 9.86. The van der Waals surface area contributed by atoms with E-state index in [9.17, 15) is 4.39 Å². The summed E-state index contributed by atoms with van der Waals surface area (Å²) in [5.74, 6) is -0.390. The average molecular weight is 224 g/mol. The molecule has 76 valence electrons. The summed E-state index contributed by atoms with van der Waals surface area (Å²) in [5, 5.41) is 0.0781. The molecule has 0 spiro atoms. The Morgan fingerprint density at radius 2 is 2.07 bits per heavy atom. The zero-order chi connectivity index (χ0) is 10.8. The molecule has 2 rings (SSSR count). The third-order valence-electron chi connectivity index (χ3n) is 1.89. The molecule has 0 amide bonds. The molecule has 0 saturated heterocycles. The molecule has 0 aliphatic carbocycles. The second-order valence-electron chi connectivity index (χ2n) is 2.95. The van der Waals surface area contributed by atoms with E-state index in [2.05, 4.69) is 9.97 Å². The molecule has 1 aromatic heterocycles. The van der Waals surface area contributed by atoms with Crippen molar-refractivity contribution >= 4 is 17.3 Å². The Morgan fingerprint density at radius 1 is 1.27 bits per heavy atom. The van der Waals surface area contributed by atoms with Crippen LogP contribution in [0.1, 0.15) is 0 Å². The molecule has 3 nitrogen and oxygen atoms in total. The highest BCUT2D eigenvalue weighted by atomic mass is 35.5. The van der Waals surface area contributed by atoms with Crippen LogP contribution >= 0.6 is 11.6 Å². The molecule has 0 unspecified atom stereocenters. The zero-order valence-electron chi connectivity index (χ0n) is 7.61. The zero-order valence-corrected chi connectivity index (χ0v) is 8.37. The quantitative estimate of drug-likeness (QED) is 0.597. The topological polar surface area (TPSA) is 51.8 Å². The lowest BCUT2D eigenvalue weighted by molar-refractivity contribution is 0.631. The first-order valence-corrected chi connectivity index (χ1v) is 4.58. The fraction of sp³-hybridized carbons (Fsp3) is 0. The first-order valence-electron chi connectivity index (χ1n) is 4.21. The lowest BCUT2D eigenvalue weighted by Gasteiger charge is -2.03. The minimum atomic E-state index is -0.390. The van der Waals surface area contributed by atoms with Crippen LogP contribution in [-0.2, 0) is 0 Å². The Morgan fingerprint density at radius 3 is 2.80 bits per heavy atom. The summed E-state index contributed by atoms with van der Waals surface area (Å²) in [6.07, 6.45) is 1.47. The van der Waals surface area contributed by atoms with Crippen LogP contribution in [0.5, 0.6) is 0 Å². The van der Waals surface area contributed by atoms with Crippen molar-refractivity contribution in [2.45, 2.75) is 0 Å². The number of anilines is 1. The maximum atomic E-state index is 13.4. The van der Waals surface area contributed by atoms with Crippen molar-refractivity contribution in [1.82, 2.24) is 9.97 Å². The molecule has 1 aromatic carbocycles. The van der Waals surface area contributed by atoms with Crippen LogP contribution in [0.25, 0.3) is 11.3 Å². The average Bonchev–Trinajstić information content (AvgIpc) is 2.22. The van der Waals surface area contributed by atoms with E-state index in [1.165, 1.54) is 24.4 Å². The number of hydrogen-bond donors (Lipinski definition) is 1. The number of nitrogens with two attached hydrogens (primary N) is 1. The van der Waals surface area contributed by atoms with Gasteiger partial charge in [0.15, 0.2) is 0 Å². The third-order valence-corrected chi connectivity index (χ3v) is 2.07. The second kappa shape index (κ2) is 3.82. The van der Waals surface area contributed by atoms with Crippen molar-refractivity contribution in [3.05, 3.63) is 41.6 Å². The normalized spacial score (nSPS) is 10.3. The van der Waals surface area contributed by atoms with Gasteiger partial charge in [0.1, 0.15) is 5.82 Å². The molecule has 15 heavy (non-hydrogen) atoms. The van der Waals surface area contributed by atoms with Gasteiger partial charge in [-0.3, -0.25) is 0 Å². The highest BCUT2D eigenvalue weighted by molar-refractivity contribution is 6.28. The van der Waals surface area contributed by atoms with Crippen LogP contribution in [0, 0.1) is 5.82 Å². The smallest absolute Gasteiger partial charge is 0.222 e. The number of aromatic nitrogens is 2. The van der Waals surface area contributed by atoms with E-state index in [0.29, 0.717) is 16.9 Å². The van der Waals surface area contributed by atoms with E-state index in [1.807, 2.05) is 0 Å². The molecule has 0 bridgehead atoms. The lowest BCUT2D eigenvalue weighted by atomic mass is 10.1. The van der Waals surface area contributed by atoms with Crippen LogP contribution in [0.2, 0.25) is 5.28 Å². The molecular formula is C10H7ClFN3. The van der Waals surface area contributed by atoms with E-state index in [-0.39, 0.29) is 11.1 Å². The summed E-state index contributed by atoms with van der Waals surface area (Å²) in [6, 6.07) is 5.86. The van der Waals surface area contributed by atoms with Crippen molar-refractivity contribution in [2.75, 3.05) is 5.73 Å². The van der Waals surface area contributed by atoms with Crippen molar-refractivity contribution in [1.29, 1.82) is 0 Å². The summed E-state index contributed by atoms with van der Waals surface area (Å²) < 4.78 is 13.4. The van der Waals surface area contributed by atoms with Gasteiger partial charge in [-0.05, 0) is 35.9 Å². The van der Waals surface area contributed by atoms with Gasteiger partial charge in [-0.25, -0.2) is 14.4 Å². The predicted molar refractivity (Wildman–Crippen MR) is 56.8 cm³/mol. The monoisotopic (exact) mass is 223 g/mol. The summed E-state index contributed by atoms with van der Waals surface area (Å²) >= 11 is 5.61. The molecule has 0 aliphatic heterocycles. The number of rotatable bonds is 1. The van der Waals surface area contributed by atoms with E-state index < -0.39 is 0 Å². The summed E-state index contributed by atoms with van der Waals surface area (Å²) in [7, 11) is 0. The highest BCUT2D eigenvalue weighted by Gasteiger charge is 2.07. The van der Waals surface area contributed by atoms with Crippen molar-refractivity contribution in [3.8, 4) is 11.3 Å². The molecule has 0 atom stereocenters. The molecule has 0 fully saturated rings. The minimum Gasteiger partial charge on any atom is -0.399 e. The van der Waals surface area contributed by atoms with Gasteiger partial charge in [0.05, 0.1) is 5.69 Å². The van der Waals surface area contributed by atoms with Crippen molar-refractivity contribution < 1.29 is 4.39 Å². The lowest BCUT2D eigenvalue weighted by Crippen LogP contribution is -1.92. The Bertz CT molecular complexity index is 502. The van der Waals surface area contributed by atoms with Gasteiger partial charge in [0.25, 0.3) is 0 Å². The summed E-state index contributed by atoms with van der Waals surface area (Å²) in [6.45, 7) is 0. The first-order chi connectivity index (χ1) is 7.16. The fourth-order valence-electron chi connectivity index (χ4n) is 1.22. The SMILES string of the molecule is Nc1ccc(F)c(-c2ccnc(Cl)n2)c1. The van der Waals surface area contributed by atoms with Gasteiger partial charge in [0, 0.05) is 17.4 Å². The van der Waals surface area contributed by atoms with Gasteiger partial charge in [-0.15, -0.1) is 0 Å². The Labute approximate surface area is 90.7 Å². The van der Waals surface area contributed by atoms with E-state index in [1.54, 1.807) is 6.07 Å². The summed E-state index contributed by atoms with van der Waals surface area (Å²) in [4.78, 5) is 7.62. The molecule has 2 aromatic rings. The third kappa shape index (κ3) is 2.05. The van der Waals surface area contributed by atoms with E-state index in [0.717, 1.165) is 0 Å². The predicted octanol–water partition coefficient (Wildman–Crippen LogP) is 2.52. The highest BCUT2D eigenvalue weighted by Crippen LogP contribution is 2.23. The number of halogens is 2. The molecule has 0 saturated carbocycles.